The molecule has 82 heavy (non-hydrogen) atoms. The fourth-order valence-electron chi connectivity index (χ4n) is 9.47. The molecule has 0 heterocycles. The van der Waals surface area contributed by atoms with Crippen molar-refractivity contribution in [2.24, 2.45) is 0 Å². The first kappa shape index (κ1) is 78.9. The van der Waals surface area contributed by atoms with Gasteiger partial charge in [0.05, 0.1) is 27.7 Å². The molecule has 0 rings (SSSR count). The summed E-state index contributed by atoms with van der Waals surface area (Å²) in [6.45, 7) is 4.04. The van der Waals surface area contributed by atoms with E-state index >= 15 is 0 Å². The molecule has 0 aromatic carbocycles. The van der Waals surface area contributed by atoms with Crippen LogP contribution in [0, 0.1) is 0 Å². The van der Waals surface area contributed by atoms with Crippen molar-refractivity contribution in [3.05, 3.63) is 97.2 Å². The summed E-state index contributed by atoms with van der Waals surface area (Å²) in [7, 11) is 1.17. The lowest BCUT2D eigenvalue weighted by Crippen LogP contribution is -2.37. The number of carbonyl (C=O) groups excluding carboxylic acids is 2. The van der Waals surface area contributed by atoms with Crippen molar-refractivity contribution in [1.29, 1.82) is 0 Å². The molecule has 9 nitrogen and oxygen atoms in total. The van der Waals surface area contributed by atoms with Crippen molar-refractivity contribution in [1.82, 2.24) is 0 Å². The van der Waals surface area contributed by atoms with E-state index in [1.807, 2.05) is 21.1 Å². The minimum Gasteiger partial charge on any atom is -0.756 e. The first-order chi connectivity index (χ1) is 40.0. The summed E-state index contributed by atoms with van der Waals surface area (Å²) in [5.74, 6) is -0.830. The molecular formula is C72H128NO8P. The van der Waals surface area contributed by atoms with Gasteiger partial charge < -0.3 is 27.9 Å². The molecule has 0 aliphatic heterocycles. The van der Waals surface area contributed by atoms with Crippen LogP contribution in [-0.4, -0.2) is 70.0 Å². The Kier molecular flexibility index (Phi) is 60.1. The number of nitrogens with zero attached hydrogens (tertiary/aromatic N) is 1. The smallest absolute Gasteiger partial charge is 0.306 e. The third kappa shape index (κ3) is 66.1. The van der Waals surface area contributed by atoms with Crippen LogP contribution in [0.5, 0.6) is 0 Å². The van der Waals surface area contributed by atoms with E-state index in [2.05, 4.69) is 111 Å². The molecule has 0 saturated carbocycles. The molecule has 0 aliphatic rings. The Morgan fingerprint density at radius 3 is 0.976 bits per heavy atom. The average molecular weight is 1170 g/mol. The van der Waals surface area contributed by atoms with Crippen LogP contribution in [0.3, 0.4) is 0 Å². The predicted molar refractivity (Wildman–Crippen MR) is 351 cm³/mol. The van der Waals surface area contributed by atoms with Crippen molar-refractivity contribution in [3.63, 3.8) is 0 Å². The predicted octanol–water partition coefficient (Wildman–Crippen LogP) is 21.3. The number of unbranched alkanes of at least 4 members (excludes halogenated alkanes) is 32. The number of ether oxygens (including phenoxy) is 2. The highest BCUT2D eigenvalue weighted by atomic mass is 31.2. The highest BCUT2D eigenvalue weighted by Crippen LogP contribution is 2.38. The summed E-state index contributed by atoms with van der Waals surface area (Å²) < 4.78 is 34.3. The van der Waals surface area contributed by atoms with E-state index in [4.69, 9.17) is 18.5 Å². The lowest BCUT2D eigenvalue weighted by molar-refractivity contribution is -0.870. The standard InChI is InChI=1S/C72H128NO8P/c1-6-8-10-12-14-16-18-20-22-24-26-28-30-31-32-33-34-35-36-37-38-39-40-41-43-45-47-49-51-53-55-57-59-61-63-65-72(75)81-70(69-80-82(76,77)79-67-66-73(3,4)5)68-78-71(74)64-62-60-58-56-54-52-50-48-46-44-42-29-27-25-23-21-19-17-15-13-11-9-7-2/h8-11,14-17,20-23,26-29,70H,6-7,12-13,18-19,24-25,30-69H2,1-5H3/b10-8-,11-9-,16-14-,17-15-,22-20-,23-21-,28-26-,29-27-. The summed E-state index contributed by atoms with van der Waals surface area (Å²) in [6.07, 6.45) is 86.3. The fraction of sp³-hybridized carbons (Fsp3) is 0.750. The van der Waals surface area contributed by atoms with E-state index in [9.17, 15) is 19.0 Å². The zero-order valence-electron chi connectivity index (χ0n) is 53.9. The Morgan fingerprint density at radius 1 is 0.378 bits per heavy atom. The van der Waals surface area contributed by atoms with E-state index in [1.165, 1.54) is 161 Å². The van der Waals surface area contributed by atoms with Gasteiger partial charge in [-0.2, -0.15) is 0 Å². The Morgan fingerprint density at radius 2 is 0.659 bits per heavy atom. The second-order valence-electron chi connectivity index (χ2n) is 23.8. The molecule has 0 aromatic heterocycles. The van der Waals surface area contributed by atoms with Gasteiger partial charge >= 0.3 is 11.9 Å². The monoisotopic (exact) mass is 1170 g/mol. The number of hydrogen-bond donors (Lipinski definition) is 0. The van der Waals surface area contributed by atoms with Crippen molar-refractivity contribution < 1.29 is 42.1 Å². The molecule has 0 bridgehead atoms. The van der Waals surface area contributed by atoms with E-state index in [0.29, 0.717) is 17.4 Å². The number of carbonyl (C=O) groups is 2. The molecule has 474 valence electrons. The van der Waals surface area contributed by atoms with Crippen LogP contribution in [0.1, 0.15) is 296 Å². The maximum atomic E-state index is 12.9. The van der Waals surface area contributed by atoms with Gasteiger partial charge in [-0.3, -0.25) is 14.2 Å². The first-order valence-electron chi connectivity index (χ1n) is 33.9. The van der Waals surface area contributed by atoms with Crippen LogP contribution >= 0.6 is 7.82 Å². The van der Waals surface area contributed by atoms with Crippen molar-refractivity contribution in [3.8, 4) is 0 Å². The maximum Gasteiger partial charge on any atom is 0.306 e. The maximum absolute atomic E-state index is 12.9. The molecule has 0 aromatic rings. The van der Waals surface area contributed by atoms with Gasteiger partial charge in [-0.1, -0.05) is 291 Å². The Labute approximate surface area is 506 Å². The second-order valence-corrected chi connectivity index (χ2v) is 25.2. The van der Waals surface area contributed by atoms with E-state index in [-0.39, 0.29) is 32.0 Å². The van der Waals surface area contributed by atoms with Crippen LogP contribution < -0.4 is 4.89 Å². The Hall–Kier alpha value is -3.07. The highest BCUT2D eigenvalue weighted by Gasteiger charge is 2.22. The fourth-order valence-corrected chi connectivity index (χ4v) is 10.2. The van der Waals surface area contributed by atoms with Gasteiger partial charge in [-0.25, -0.2) is 0 Å². The number of hydrogen-bond acceptors (Lipinski definition) is 8. The van der Waals surface area contributed by atoms with E-state index in [0.717, 1.165) is 103 Å². The van der Waals surface area contributed by atoms with E-state index < -0.39 is 26.5 Å². The minimum absolute atomic E-state index is 0.0334. The van der Waals surface area contributed by atoms with Crippen molar-refractivity contribution >= 4 is 19.8 Å². The number of allylic oxidation sites excluding steroid dienone is 16. The molecular weight excluding hydrogens is 1040 g/mol. The third-order valence-corrected chi connectivity index (χ3v) is 15.6. The van der Waals surface area contributed by atoms with Gasteiger partial charge in [-0.15, -0.1) is 0 Å². The van der Waals surface area contributed by atoms with E-state index in [1.54, 1.807) is 0 Å². The largest absolute Gasteiger partial charge is 0.756 e. The molecule has 0 radical (unpaired) electrons. The number of quaternary nitrogens is 1. The molecule has 2 unspecified atom stereocenters. The van der Waals surface area contributed by atoms with Gasteiger partial charge in [0, 0.05) is 12.8 Å². The van der Waals surface area contributed by atoms with Crippen LogP contribution in [0.15, 0.2) is 97.2 Å². The summed E-state index contributed by atoms with van der Waals surface area (Å²) >= 11 is 0. The lowest BCUT2D eigenvalue weighted by Gasteiger charge is -2.28. The van der Waals surface area contributed by atoms with Crippen LogP contribution in [-0.2, 0) is 32.7 Å². The van der Waals surface area contributed by atoms with Gasteiger partial charge in [0.25, 0.3) is 7.82 Å². The quantitative estimate of drug-likeness (QED) is 0.0195. The van der Waals surface area contributed by atoms with Crippen LogP contribution in [0.4, 0.5) is 0 Å². The zero-order valence-corrected chi connectivity index (χ0v) is 54.8. The first-order valence-corrected chi connectivity index (χ1v) is 35.4. The SMILES string of the molecule is CC/C=C\C/C=C\C/C=C\C/C=C\CCCCCCCCCCCCCCCCCCCCCCCCC(=O)OC(COC(=O)CCCCCCCCCCCC/C=C\C/C=C\C/C=C\C/C=C\CC)COP(=O)([O-])OCC[N+](C)(C)C. The highest BCUT2D eigenvalue weighted by molar-refractivity contribution is 7.45. The minimum atomic E-state index is -4.64. The van der Waals surface area contributed by atoms with Crippen molar-refractivity contribution in [2.45, 2.75) is 302 Å². The molecule has 0 fully saturated rings. The molecule has 0 spiro atoms. The second kappa shape index (κ2) is 62.5. The Balaban J connectivity index is 4.01. The van der Waals surface area contributed by atoms with Gasteiger partial charge in [-0.05, 0) is 89.9 Å². The summed E-state index contributed by atoms with van der Waals surface area (Å²) in [6, 6.07) is 0. The molecule has 0 saturated heterocycles. The average Bonchev–Trinajstić information content (AvgIpc) is 3.45. The molecule has 2 atom stereocenters. The molecule has 10 heteroatoms. The van der Waals surface area contributed by atoms with Crippen LogP contribution in [0.25, 0.3) is 0 Å². The number of likely N-dealkylation sites (N-methyl/N-ethyl adjacent to an activating group) is 1. The Bertz CT molecular complexity index is 1710. The van der Waals surface area contributed by atoms with Crippen LogP contribution in [0.2, 0.25) is 0 Å². The summed E-state index contributed by atoms with van der Waals surface area (Å²) in [5, 5.41) is 0. The normalized spacial score (nSPS) is 13.8. The zero-order chi connectivity index (χ0) is 59.8. The summed E-state index contributed by atoms with van der Waals surface area (Å²) in [4.78, 5) is 38.0. The van der Waals surface area contributed by atoms with Gasteiger partial charge in [0.2, 0.25) is 0 Å². The van der Waals surface area contributed by atoms with Crippen molar-refractivity contribution in [2.75, 3.05) is 47.5 Å². The third-order valence-electron chi connectivity index (χ3n) is 14.6. The number of rotatable bonds is 62. The van der Waals surface area contributed by atoms with Gasteiger partial charge in [0.15, 0.2) is 6.10 Å². The van der Waals surface area contributed by atoms with Gasteiger partial charge in [0.1, 0.15) is 19.8 Å². The number of esters is 2. The molecule has 0 amide bonds. The summed E-state index contributed by atoms with van der Waals surface area (Å²) in [5.41, 5.74) is 0. The number of phosphoric ester groups is 1. The molecule has 0 aliphatic carbocycles. The lowest BCUT2D eigenvalue weighted by atomic mass is 10.0. The topological polar surface area (TPSA) is 111 Å². The molecule has 0 N–H and O–H groups in total. The number of phosphoric acid groups is 1.